The van der Waals surface area contributed by atoms with Gasteiger partial charge in [-0.15, -0.1) is 0 Å². The second kappa shape index (κ2) is 6.49. The number of aromatic nitrogens is 2. The molecule has 4 rings (SSSR count). The highest BCUT2D eigenvalue weighted by molar-refractivity contribution is 5.56. The Kier molecular flexibility index (Phi) is 4.04. The molecule has 1 N–H and O–H groups in total. The third-order valence-electron chi connectivity index (χ3n) is 4.32. The highest BCUT2D eigenvalue weighted by atomic mass is 16.3. The summed E-state index contributed by atoms with van der Waals surface area (Å²) < 4.78 is 10.9. The Balaban J connectivity index is 1.70. The molecule has 3 aromatic rings. The van der Waals surface area contributed by atoms with Gasteiger partial charge in [0.1, 0.15) is 11.6 Å². The van der Waals surface area contributed by atoms with E-state index < -0.39 is 0 Å². The summed E-state index contributed by atoms with van der Waals surface area (Å²) in [5, 5.41) is 3.42. The van der Waals surface area contributed by atoms with Crippen molar-refractivity contribution in [3.63, 3.8) is 0 Å². The number of rotatable bonds is 4. The van der Waals surface area contributed by atoms with Gasteiger partial charge in [-0.25, -0.2) is 9.97 Å². The van der Waals surface area contributed by atoms with E-state index in [9.17, 15) is 0 Å². The van der Waals surface area contributed by atoms with E-state index in [1.165, 1.54) is 5.56 Å². The van der Waals surface area contributed by atoms with Crippen molar-refractivity contribution >= 4 is 5.82 Å². The molecule has 0 saturated heterocycles. The number of hydrogen-bond donors (Lipinski definition) is 1. The molecule has 0 saturated carbocycles. The Labute approximate surface area is 140 Å². The topological polar surface area (TPSA) is 67.3 Å². The van der Waals surface area contributed by atoms with Gasteiger partial charge in [-0.05, 0) is 37.7 Å². The van der Waals surface area contributed by atoms with Gasteiger partial charge in [0.05, 0.1) is 24.8 Å². The third kappa shape index (κ3) is 3.05. The maximum Gasteiger partial charge on any atom is 0.197 e. The lowest BCUT2D eigenvalue weighted by molar-refractivity contribution is 0.352. The second-order valence-corrected chi connectivity index (χ2v) is 6.03. The van der Waals surface area contributed by atoms with Crippen LogP contribution in [0, 0.1) is 0 Å². The zero-order valence-electron chi connectivity index (χ0n) is 13.7. The average Bonchev–Trinajstić information content (AvgIpc) is 3.27. The summed E-state index contributed by atoms with van der Waals surface area (Å²) in [6.45, 7) is 2.61. The van der Waals surface area contributed by atoms with Gasteiger partial charge in [0.15, 0.2) is 11.6 Å². The fraction of sp³-hybridized carbons (Fsp3) is 0.333. The number of likely N-dealkylation sites (N-methyl/N-ethyl adjacent to an activating group) is 1. The summed E-state index contributed by atoms with van der Waals surface area (Å²) in [5.74, 6) is 3.08. The van der Waals surface area contributed by atoms with Crippen molar-refractivity contribution in [2.75, 3.05) is 25.5 Å². The lowest BCUT2D eigenvalue weighted by Gasteiger charge is -2.13. The van der Waals surface area contributed by atoms with Crippen LogP contribution in [0.2, 0.25) is 0 Å². The lowest BCUT2D eigenvalue weighted by Crippen LogP contribution is -2.20. The van der Waals surface area contributed by atoms with Crippen molar-refractivity contribution in [3.8, 4) is 11.6 Å². The minimum Gasteiger partial charge on any atom is -0.467 e. The van der Waals surface area contributed by atoms with Crippen molar-refractivity contribution < 1.29 is 8.83 Å². The Morgan fingerprint density at radius 1 is 1.08 bits per heavy atom. The minimum atomic E-state index is 0.601. The summed E-state index contributed by atoms with van der Waals surface area (Å²) in [6.07, 6.45) is 5.18. The monoisotopic (exact) mass is 324 g/mol. The molecule has 1 aliphatic heterocycles. The molecule has 3 aromatic heterocycles. The standard InChI is InChI=1S/C18H20N4O2/c1-22-8-6-14-15(7-9-22)20-18(16-5-3-11-24-16)21-17(14)19-12-13-4-2-10-23-13/h2-5,10-11H,6-9,12H2,1H3,(H,19,20,21). The van der Waals surface area contributed by atoms with Gasteiger partial charge in [0.2, 0.25) is 0 Å². The van der Waals surface area contributed by atoms with Gasteiger partial charge in [0, 0.05) is 25.1 Å². The summed E-state index contributed by atoms with van der Waals surface area (Å²) >= 11 is 0. The van der Waals surface area contributed by atoms with E-state index in [0.29, 0.717) is 18.1 Å². The van der Waals surface area contributed by atoms with E-state index in [-0.39, 0.29) is 0 Å². The molecule has 0 aliphatic carbocycles. The molecule has 6 heteroatoms. The van der Waals surface area contributed by atoms with Gasteiger partial charge in [-0.2, -0.15) is 0 Å². The van der Waals surface area contributed by atoms with Crippen LogP contribution in [-0.4, -0.2) is 35.0 Å². The number of hydrogen-bond acceptors (Lipinski definition) is 6. The largest absolute Gasteiger partial charge is 0.467 e. The first-order chi connectivity index (χ1) is 11.8. The van der Waals surface area contributed by atoms with E-state index in [0.717, 1.165) is 43.2 Å². The molecule has 0 aromatic carbocycles. The Morgan fingerprint density at radius 2 is 1.92 bits per heavy atom. The van der Waals surface area contributed by atoms with Crippen LogP contribution in [0.1, 0.15) is 17.0 Å². The summed E-state index contributed by atoms with van der Waals surface area (Å²) in [5.41, 5.74) is 2.30. The molecular formula is C18H20N4O2. The molecule has 6 nitrogen and oxygen atoms in total. The number of fused-ring (bicyclic) bond motifs is 1. The normalized spacial score (nSPS) is 15.0. The van der Waals surface area contributed by atoms with E-state index in [2.05, 4.69) is 17.3 Å². The van der Waals surface area contributed by atoms with Gasteiger partial charge in [-0.1, -0.05) is 0 Å². The SMILES string of the molecule is CN1CCc2nc(-c3ccco3)nc(NCc3ccco3)c2CC1. The highest BCUT2D eigenvalue weighted by Crippen LogP contribution is 2.26. The fourth-order valence-corrected chi connectivity index (χ4v) is 2.96. The zero-order chi connectivity index (χ0) is 16.4. The van der Waals surface area contributed by atoms with Gasteiger partial charge in [0.25, 0.3) is 0 Å². The minimum absolute atomic E-state index is 0.601. The van der Waals surface area contributed by atoms with Crippen LogP contribution in [-0.2, 0) is 19.4 Å². The number of anilines is 1. The van der Waals surface area contributed by atoms with Crippen LogP contribution in [0.4, 0.5) is 5.82 Å². The molecule has 0 atom stereocenters. The van der Waals surface area contributed by atoms with E-state index in [4.69, 9.17) is 18.8 Å². The summed E-state index contributed by atoms with van der Waals surface area (Å²) in [4.78, 5) is 11.8. The van der Waals surface area contributed by atoms with Gasteiger partial charge < -0.3 is 19.1 Å². The van der Waals surface area contributed by atoms with E-state index >= 15 is 0 Å². The molecule has 0 radical (unpaired) electrons. The van der Waals surface area contributed by atoms with Crippen molar-refractivity contribution in [1.82, 2.24) is 14.9 Å². The third-order valence-corrected chi connectivity index (χ3v) is 4.32. The fourth-order valence-electron chi connectivity index (χ4n) is 2.96. The van der Waals surface area contributed by atoms with E-state index in [1.807, 2.05) is 24.3 Å². The summed E-state index contributed by atoms with van der Waals surface area (Å²) in [7, 11) is 2.14. The van der Waals surface area contributed by atoms with Crippen LogP contribution in [0.25, 0.3) is 11.6 Å². The van der Waals surface area contributed by atoms with Crippen LogP contribution in [0.15, 0.2) is 45.6 Å². The van der Waals surface area contributed by atoms with Crippen molar-refractivity contribution in [1.29, 1.82) is 0 Å². The Morgan fingerprint density at radius 3 is 2.71 bits per heavy atom. The van der Waals surface area contributed by atoms with Gasteiger partial charge >= 0.3 is 0 Å². The van der Waals surface area contributed by atoms with Crippen LogP contribution in [0.3, 0.4) is 0 Å². The second-order valence-electron chi connectivity index (χ2n) is 6.03. The van der Waals surface area contributed by atoms with Crippen molar-refractivity contribution in [3.05, 3.63) is 53.8 Å². The first-order valence-corrected chi connectivity index (χ1v) is 8.18. The Hall–Kier alpha value is -2.60. The molecule has 0 fully saturated rings. The maximum absolute atomic E-state index is 5.49. The number of nitrogens with one attached hydrogen (secondary N) is 1. The van der Waals surface area contributed by atoms with Crippen molar-refractivity contribution in [2.45, 2.75) is 19.4 Å². The quantitative estimate of drug-likeness (QED) is 0.796. The molecule has 0 unspecified atom stereocenters. The maximum atomic E-state index is 5.49. The number of furan rings is 2. The predicted molar refractivity (Wildman–Crippen MR) is 90.7 cm³/mol. The molecule has 1 aliphatic rings. The smallest absolute Gasteiger partial charge is 0.197 e. The average molecular weight is 324 g/mol. The molecule has 0 spiro atoms. The molecule has 24 heavy (non-hydrogen) atoms. The first-order valence-electron chi connectivity index (χ1n) is 8.18. The predicted octanol–water partition coefficient (Wildman–Crippen LogP) is 2.97. The zero-order valence-corrected chi connectivity index (χ0v) is 13.7. The molecule has 0 bridgehead atoms. The van der Waals surface area contributed by atoms with Crippen LogP contribution >= 0.6 is 0 Å². The first kappa shape index (κ1) is 15.0. The molecule has 124 valence electrons. The van der Waals surface area contributed by atoms with Gasteiger partial charge in [-0.3, -0.25) is 0 Å². The molecular weight excluding hydrogens is 304 g/mol. The highest BCUT2D eigenvalue weighted by Gasteiger charge is 2.20. The number of nitrogens with zero attached hydrogens (tertiary/aromatic N) is 3. The van der Waals surface area contributed by atoms with E-state index in [1.54, 1.807) is 12.5 Å². The molecule has 0 amide bonds. The van der Waals surface area contributed by atoms with Crippen LogP contribution in [0.5, 0.6) is 0 Å². The Bertz CT molecular complexity index is 797. The van der Waals surface area contributed by atoms with Crippen molar-refractivity contribution in [2.24, 2.45) is 0 Å². The van der Waals surface area contributed by atoms with Crippen LogP contribution < -0.4 is 5.32 Å². The lowest BCUT2D eigenvalue weighted by atomic mass is 10.1. The molecule has 4 heterocycles. The summed E-state index contributed by atoms with van der Waals surface area (Å²) in [6, 6.07) is 7.59.